The number of piperazine rings is 1. The molecule has 0 unspecified atom stereocenters. The Morgan fingerprint density at radius 1 is 1.15 bits per heavy atom. The average Bonchev–Trinajstić information content (AvgIpc) is 3.28. The first-order valence-corrected chi connectivity index (χ1v) is 8.08. The van der Waals surface area contributed by atoms with Crippen molar-refractivity contribution in [2.24, 2.45) is 0 Å². The number of aryl methyl sites for hydroxylation is 1. The Morgan fingerprint density at radius 2 is 1.95 bits per heavy atom. The fraction of sp³-hybridized carbons (Fsp3) is 0.647. The van der Waals surface area contributed by atoms with Crippen molar-refractivity contribution in [2.75, 3.05) is 44.2 Å². The summed E-state index contributed by atoms with van der Waals surface area (Å²) in [7, 11) is 0. The minimum absolute atomic E-state index is 0.855. The third-order valence-corrected chi connectivity index (χ3v) is 4.40. The summed E-state index contributed by atoms with van der Waals surface area (Å²) >= 11 is 0. The number of nitrogens with zero attached hydrogens (tertiary/aromatic N) is 2. The van der Waals surface area contributed by atoms with Crippen LogP contribution in [0.1, 0.15) is 24.8 Å². The summed E-state index contributed by atoms with van der Waals surface area (Å²) in [5, 5.41) is 3.60. The van der Waals surface area contributed by atoms with E-state index in [0.29, 0.717) is 0 Å². The molecular formula is C17H27N3. The van der Waals surface area contributed by atoms with Gasteiger partial charge in [-0.1, -0.05) is 12.1 Å². The Bertz CT molecular complexity index is 420. The van der Waals surface area contributed by atoms with E-state index in [1.807, 2.05) is 0 Å². The van der Waals surface area contributed by atoms with Crippen LogP contribution < -0.4 is 10.2 Å². The second kappa shape index (κ2) is 6.59. The highest BCUT2D eigenvalue weighted by Gasteiger charge is 2.20. The first-order chi connectivity index (χ1) is 9.81. The molecule has 1 saturated carbocycles. The van der Waals surface area contributed by atoms with Gasteiger partial charge in [0.25, 0.3) is 0 Å². The van der Waals surface area contributed by atoms with Gasteiger partial charge in [-0.05, 0) is 57.0 Å². The molecule has 1 heterocycles. The van der Waals surface area contributed by atoms with Gasteiger partial charge in [0.15, 0.2) is 0 Å². The smallest absolute Gasteiger partial charge is 0.0369 e. The van der Waals surface area contributed by atoms with Crippen LogP contribution in [0.3, 0.4) is 0 Å². The lowest BCUT2D eigenvalue weighted by Gasteiger charge is -2.36. The lowest BCUT2D eigenvalue weighted by molar-refractivity contribution is 0.254. The van der Waals surface area contributed by atoms with E-state index in [0.717, 1.165) is 6.04 Å². The number of anilines is 1. The first kappa shape index (κ1) is 13.9. The molecule has 1 aliphatic carbocycles. The van der Waals surface area contributed by atoms with E-state index in [1.165, 1.54) is 69.8 Å². The van der Waals surface area contributed by atoms with E-state index in [4.69, 9.17) is 0 Å². The highest BCUT2D eigenvalue weighted by molar-refractivity contribution is 5.48. The third-order valence-electron chi connectivity index (χ3n) is 4.40. The van der Waals surface area contributed by atoms with E-state index >= 15 is 0 Å². The number of hydrogen-bond donors (Lipinski definition) is 1. The van der Waals surface area contributed by atoms with E-state index < -0.39 is 0 Å². The molecule has 3 rings (SSSR count). The summed E-state index contributed by atoms with van der Waals surface area (Å²) < 4.78 is 0. The Hall–Kier alpha value is -1.06. The molecular weight excluding hydrogens is 246 g/mol. The molecule has 0 bridgehead atoms. The van der Waals surface area contributed by atoms with Gasteiger partial charge in [0.2, 0.25) is 0 Å². The van der Waals surface area contributed by atoms with Gasteiger partial charge in [-0.2, -0.15) is 0 Å². The van der Waals surface area contributed by atoms with E-state index in [9.17, 15) is 0 Å². The molecule has 1 aromatic carbocycles. The SMILES string of the molecule is Cc1cccc(N2CCN(CCCNC3CC3)CC2)c1. The zero-order valence-electron chi connectivity index (χ0n) is 12.6. The molecule has 0 spiro atoms. The molecule has 1 N–H and O–H groups in total. The highest BCUT2D eigenvalue weighted by atomic mass is 15.3. The number of hydrogen-bond acceptors (Lipinski definition) is 3. The largest absolute Gasteiger partial charge is 0.369 e. The van der Waals surface area contributed by atoms with E-state index in [-0.39, 0.29) is 0 Å². The molecule has 0 aromatic heterocycles. The van der Waals surface area contributed by atoms with Crippen LogP contribution in [-0.2, 0) is 0 Å². The maximum atomic E-state index is 3.60. The van der Waals surface area contributed by atoms with Gasteiger partial charge >= 0.3 is 0 Å². The Kier molecular flexibility index (Phi) is 4.58. The van der Waals surface area contributed by atoms with Gasteiger partial charge in [-0.25, -0.2) is 0 Å². The molecule has 3 nitrogen and oxygen atoms in total. The van der Waals surface area contributed by atoms with Crippen LogP contribution in [-0.4, -0.2) is 50.2 Å². The van der Waals surface area contributed by atoms with Crippen molar-refractivity contribution in [1.82, 2.24) is 10.2 Å². The Labute approximate surface area is 123 Å². The van der Waals surface area contributed by atoms with Crippen LogP contribution in [0.25, 0.3) is 0 Å². The molecule has 0 radical (unpaired) electrons. The average molecular weight is 273 g/mol. The second-order valence-corrected chi connectivity index (χ2v) is 6.25. The molecule has 1 aliphatic heterocycles. The quantitative estimate of drug-likeness (QED) is 0.802. The van der Waals surface area contributed by atoms with Gasteiger partial charge in [0.05, 0.1) is 0 Å². The van der Waals surface area contributed by atoms with Crippen molar-refractivity contribution in [1.29, 1.82) is 0 Å². The van der Waals surface area contributed by atoms with Crippen molar-refractivity contribution in [3.63, 3.8) is 0 Å². The van der Waals surface area contributed by atoms with Crippen LogP contribution in [0.15, 0.2) is 24.3 Å². The standard InChI is InChI=1S/C17H27N3/c1-15-4-2-5-17(14-15)20-12-10-19(11-13-20)9-3-8-18-16-6-7-16/h2,4-5,14,16,18H,3,6-13H2,1H3. The van der Waals surface area contributed by atoms with Gasteiger partial charge in [0, 0.05) is 37.9 Å². The first-order valence-electron chi connectivity index (χ1n) is 8.08. The molecule has 1 saturated heterocycles. The Balaban J connectivity index is 1.37. The normalized spacial score (nSPS) is 20.4. The molecule has 1 aromatic rings. The van der Waals surface area contributed by atoms with Gasteiger partial charge in [-0.3, -0.25) is 4.90 Å². The fourth-order valence-electron chi connectivity index (χ4n) is 2.95. The number of rotatable bonds is 6. The van der Waals surface area contributed by atoms with Crippen molar-refractivity contribution in [3.8, 4) is 0 Å². The molecule has 110 valence electrons. The zero-order valence-corrected chi connectivity index (χ0v) is 12.6. The van der Waals surface area contributed by atoms with Crippen LogP contribution in [0.5, 0.6) is 0 Å². The summed E-state index contributed by atoms with van der Waals surface area (Å²) in [6, 6.07) is 9.73. The van der Waals surface area contributed by atoms with E-state index in [1.54, 1.807) is 0 Å². The van der Waals surface area contributed by atoms with Crippen molar-refractivity contribution in [2.45, 2.75) is 32.2 Å². The predicted molar refractivity (Wildman–Crippen MR) is 85.5 cm³/mol. The lowest BCUT2D eigenvalue weighted by atomic mass is 10.2. The maximum absolute atomic E-state index is 3.60. The maximum Gasteiger partial charge on any atom is 0.0369 e. The third kappa shape index (κ3) is 3.97. The summed E-state index contributed by atoms with van der Waals surface area (Å²) in [6.07, 6.45) is 4.09. The van der Waals surface area contributed by atoms with Crippen LogP contribution >= 0.6 is 0 Å². The zero-order chi connectivity index (χ0) is 13.8. The van der Waals surface area contributed by atoms with Gasteiger partial charge in [0.1, 0.15) is 0 Å². The van der Waals surface area contributed by atoms with Gasteiger partial charge < -0.3 is 10.2 Å². The monoisotopic (exact) mass is 273 g/mol. The van der Waals surface area contributed by atoms with Crippen LogP contribution in [0.2, 0.25) is 0 Å². The molecule has 20 heavy (non-hydrogen) atoms. The lowest BCUT2D eigenvalue weighted by Crippen LogP contribution is -2.47. The topological polar surface area (TPSA) is 18.5 Å². The molecule has 3 heteroatoms. The molecule has 2 fully saturated rings. The minimum Gasteiger partial charge on any atom is -0.369 e. The number of benzene rings is 1. The predicted octanol–water partition coefficient (Wildman–Crippen LogP) is 2.26. The van der Waals surface area contributed by atoms with Crippen molar-refractivity contribution < 1.29 is 0 Å². The highest BCUT2D eigenvalue weighted by Crippen LogP contribution is 2.19. The summed E-state index contributed by atoms with van der Waals surface area (Å²) in [5.41, 5.74) is 2.75. The summed E-state index contributed by atoms with van der Waals surface area (Å²) in [4.78, 5) is 5.13. The van der Waals surface area contributed by atoms with Gasteiger partial charge in [-0.15, -0.1) is 0 Å². The van der Waals surface area contributed by atoms with Crippen LogP contribution in [0, 0.1) is 6.92 Å². The fourth-order valence-corrected chi connectivity index (χ4v) is 2.95. The Morgan fingerprint density at radius 3 is 2.65 bits per heavy atom. The minimum atomic E-state index is 0.855. The molecule has 2 aliphatic rings. The van der Waals surface area contributed by atoms with Crippen LogP contribution in [0.4, 0.5) is 5.69 Å². The summed E-state index contributed by atoms with van der Waals surface area (Å²) in [5.74, 6) is 0. The summed E-state index contributed by atoms with van der Waals surface area (Å²) in [6.45, 7) is 9.37. The second-order valence-electron chi connectivity index (χ2n) is 6.25. The number of nitrogens with one attached hydrogen (secondary N) is 1. The molecule has 0 atom stereocenters. The van der Waals surface area contributed by atoms with E-state index in [2.05, 4.69) is 46.3 Å². The van der Waals surface area contributed by atoms with Crippen molar-refractivity contribution >= 4 is 5.69 Å². The molecule has 0 amide bonds. The van der Waals surface area contributed by atoms with Crippen molar-refractivity contribution in [3.05, 3.63) is 29.8 Å².